The number of amides is 4. The number of carbonyl (C=O) groups is 4. The van der Waals surface area contributed by atoms with Crippen molar-refractivity contribution in [1.29, 1.82) is 0 Å². The van der Waals surface area contributed by atoms with Crippen molar-refractivity contribution in [3.63, 3.8) is 0 Å². The normalized spacial score (nSPS) is 12.9. The average molecular weight is 567 g/mol. The summed E-state index contributed by atoms with van der Waals surface area (Å²) in [5, 5.41) is 20.2. The maximum atomic E-state index is 12.9. The number of carbonyl (C=O) groups excluding carboxylic acids is 4. The Morgan fingerprint density at radius 3 is 1.95 bits per heavy atom. The molecule has 0 saturated heterocycles. The third-order valence-corrected chi connectivity index (χ3v) is 5.13. The van der Waals surface area contributed by atoms with Crippen LogP contribution in [-0.2, 0) is 25.6 Å². The summed E-state index contributed by atoms with van der Waals surface area (Å²) in [6, 6.07) is 7.70. The standard InChI is InChI=1S/C28H46N4O8/c1-27(2,3)39-24(35)30-17-11-15-22(32-25(36)38-19-20-12-8-7-9-13-20)23(34)29-16-10-14-21(18-33)31-26(37)40-28(4,5)6/h7-9,12-13,21-22,33H,10-11,14-19H2,1-6H3,(H,29,34)(H,30,35)(H,31,37)(H,32,36)/t21-,22-/m0/s1. The molecule has 0 radical (unpaired) electrons. The van der Waals surface area contributed by atoms with E-state index in [4.69, 9.17) is 14.2 Å². The van der Waals surface area contributed by atoms with Crippen molar-refractivity contribution in [3.05, 3.63) is 35.9 Å². The number of ether oxygens (including phenoxy) is 3. The summed E-state index contributed by atoms with van der Waals surface area (Å²) < 4.78 is 15.7. The highest BCUT2D eigenvalue weighted by atomic mass is 16.6. The van der Waals surface area contributed by atoms with Crippen LogP contribution in [0.4, 0.5) is 14.4 Å². The van der Waals surface area contributed by atoms with Crippen LogP contribution in [0.15, 0.2) is 30.3 Å². The van der Waals surface area contributed by atoms with Crippen LogP contribution in [0.3, 0.4) is 0 Å². The van der Waals surface area contributed by atoms with Gasteiger partial charge < -0.3 is 40.6 Å². The molecule has 12 nitrogen and oxygen atoms in total. The molecule has 0 heterocycles. The Labute approximate surface area is 236 Å². The number of benzene rings is 1. The fourth-order valence-electron chi connectivity index (χ4n) is 3.35. The predicted octanol–water partition coefficient (Wildman–Crippen LogP) is 3.37. The third kappa shape index (κ3) is 17.1. The summed E-state index contributed by atoms with van der Waals surface area (Å²) in [6.45, 7) is 10.8. The molecule has 12 heteroatoms. The van der Waals surface area contributed by atoms with Gasteiger partial charge in [-0.05, 0) is 72.8 Å². The van der Waals surface area contributed by atoms with Gasteiger partial charge in [-0.15, -0.1) is 0 Å². The number of hydrogen-bond donors (Lipinski definition) is 5. The molecule has 0 fully saturated rings. The first-order valence-corrected chi connectivity index (χ1v) is 13.5. The molecule has 0 saturated carbocycles. The van der Waals surface area contributed by atoms with Gasteiger partial charge in [0.05, 0.1) is 12.6 Å². The van der Waals surface area contributed by atoms with E-state index >= 15 is 0 Å². The van der Waals surface area contributed by atoms with E-state index in [2.05, 4.69) is 21.3 Å². The molecule has 1 rings (SSSR count). The highest BCUT2D eigenvalue weighted by Gasteiger charge is 2.23. The number of alkyl carbamates (subject to hydrolysis) is 3. The van der Waals surface area contributed by atoms with Crippen molar-refractivity contribution in [2.45, 2.75) is 97.1 Å². The molecule has 0 bridgehead atoms. The SMILES string of the molecule is CC(C)(C)OC(=O)NCCC[C@H](NC(=O)OCc1ccccc1)C(=O)NCCC[C@@H](CO)NC(=O)OC(C)(C)C. The summed E-state index contributed by atoms with van der Waals surface area (Å²) in [5.41, 5.74) is -0.489. The number of aliphatic hydroxyl groups is 1. The van der Waals surface area contributed by atoms with E-state index in [1.807, 2.05) is 30.3 Å². The lowest BCUT2D eigenvalue weighted by molar-refractivity contribution is -0.123. The van der Waals surface area contributed by atoms with Gasteiger partial charge in [-0.25, -0.2) is 14.4 Å². The second-order valence-electron chi connectivity index (χ2n) is 11.3. The zero-order valence-corrected chi connectivity index (χ0v) is 24.5. The Balaban J connectivity index is 2.59. The number of hydrogen-bond acceptors (Lipinski definition) is 8. The third-order valence-electron chi connectivity index (χ3n) is 5.13. The molecule has 0 aliphatic rings. The summed E-state index contributed by atoms with van der Waals surface area (Å²) in [4.78, 5) is 49.1. The number of rotatable bonds is 14. The minimum absolute atomic E-state index is 0.0500. The van der Waals surface area contributed by atoms with E-state index in [0.717, 1.165) is 5.56 Å². The van der Waals surface area contributed by atoms with E-state index in [-0.39, 0.29) is 32.7 Å². The zero-order valence-electron chi connectivity index (χ0n) is 24.5. The van der Waals surface area contributed by atoms with Crippen LogP contribution in [0.2, 0.25) is 0 Å². The van der Waals surface area contributed by atoms with Gasteiger partial charge in [0.25, 0.3) is 0 Å². The molecule has 0 unspecified atom stereocenters. The van der Waals surface area contributed by atoms with Crippen molar-refractivity contribution in [2.24, 2.45) is 0 Å². The van der Waals surface area contributed by atoms with Crippen LogP contribution in [0, 0.1) is 0 Å². The van der Waals surface area contributed by atoms with Crippen molar-refractivity contribution in [3.8, 4) is 0 Å². The second kappa shape index (κ2) is 17.2. The van der Waals surface area contributed by atoms with Crippen molar-refractivity contribution >= 4 is 24.2 Å². The molecular weight excluding hydrogens is 520 g/mol. The molecule has 226 valence electrons. The van der Waals surface area contributed by atoms with Gasteiger partial charge in [0.2, 0.25) is 5.91 Å². The second-order valence-corrected chi connectivity index (χ2v) is 11.3. The van der Waals surface area contributed by atoms with Crippen molar-refractivity contribution in [1.82, 2.24) is 21.3 Å². The van der Waals surface area contributed by atoms with Crippen molar-refractivity contribution in [2.75, 3.05) is 19.7 Å². The van der Waals surface area contributed by atoms with Gasteiger partial charge in [0.1, 0.15) is 23.9 Å². The van der Waals surface area contributed by atoms with E-state index in [9.17, 15) is 24.3 Å². The predicted molar refractivity (Wildman–Crippen MR) is 150 cm³/mol. The van der Waals surface area contributed by atoms with Crippen LogP contribution in [0.25, 0.3) is 0 Å². The lowest BCUT2D eigenvalue weighted by Gasteiger charge is -2.23. The Morgan fingerprint density at radius 1 is 0.775 bits per heavy atom. The van der Waals surface area contributed by atoms with E-state index in [1.54, 1.807) is 41.5 Å². The van der Waals surface area contributed by atoms with Crippen LogP contribution in [0.1, 0.15) is 72.8 Å². The van der Waals surface area contributed by atoms with Gasteiger partial charge in [-0.1, -0.05) is 30.3 Å². The molecule has 0 aliphatic heterocycles. The van der Waals surface area contributed by atoms with Crippen molar-refractivity contribution < 1.29 is 38.5 Å². The molecule has 5 N–H and O–H groups in total. The Kier molecular flexibility index (Phi) is 14.8. The Bertz CT molecular complexity index is 928. The molecule has 4 amide bonds. The van der Waals surface area contributed by atoms with Crippen LogP contribution < -0.4 is 21.3 Å². The molecule has 1 aromatic carbocycles. The van der Waals surface area contributed by atoms with Gasteiger partial charge in [-0.3, -0.25) is 4.79 Å². The van der Waals surface area contributed by atoms with E-state index in [1.165, 1.54) is 0 Å². The number of nitrogens with one attached hydrogen (secondary N) is 4. The average Bonchev–Trinajstić information content (AvgIpc) is 2.84. The first kappa shape index (κ1) is 34.5. The molecule has 2 atom stereocenters. The quantitative estimate of drug-likeness (QED) is 0.169. The Hall–Kier alpha value is -3.54. The first-order chi connectivity index (χ1) is 18.7. The fraction of sp³-hybridized carbons (Fsp3) is 0.643. The molecule has 1 aromatic rings. The summed E-state index contributed by atoms with van der Waals surface area (Å²) in [5.74, 6) is -0.422. The Morgan fingerprint density at radius 2 is 1.35 bits per heavy atom. The van der Waals surface area contributed by atoms with Gasteiger partial charge in [0, 0.05) is 13.1 Å². The highest BCUT2D eigenvalue weighted by molar-refractivity contribution is 5.85. The van der Waals surface area contributed by atoms with Crippen LogP contribution in [-0.4, -0.2) is 72.3 Å². The minimum atomic E-state index is -0.905. The van der Waals surface area contributed by atoms with Gasteiger partial charge in [-0.2, -0.15) is 0 Å². The van der Waals surface area contributed by atoms with E-state index in [0.29, 0.717) is 19.3 Å². The van der Waals surface area contributed by atoms with Crippen LogP contribution in [0.5, 0.6) is 0 Å². The zero-order chi connectivity index (χ0) is 30.2. The molecule has 0 aliphatic carbocycles. The van der Waals surface area contributed by atoms with E-state index < -0.39 is 47.5 Å². The topological polar surface area (TPSA) is 164 Å². The molecular formula is C28H46N4O8. The summed E-state index contributed by atoms with van der Waals surface area (Å²) in [6.07, 6.45) is -0.461. The smallest absolute Gasteiger partial charge is 0.408 e. The fourth-order valence-corrected chi connectivity index (χ4v) is 3.35. The minimum Gasteiger partial charge on any atom is -0.445 e. The van der Waals surface area contributed by atoms with Crippen LogP contribution >= 0.6 is 0 Å². The highest BCUT2D eigenvalue weighted by Crippen LogP contribution is 2.09. The summed E-state index contributed by atoms with van der Waals surface area (Å²) in [7, 11) is 0. The van der Waals surface area contributed by atoms with Gasteiger partial charge in [0.15, 0.2) is 0 Å². The monoisotopic (exact) mass is 566 g/mol. The van der Waals surface area contributed by atoms with Gasteiger partial charge >= 0.3 is 18.3 Å². The maximum Gasteiger partial charge on any atom is 0.408 e. The largest absolute Gasteiger partial charge is 0.445 e. The lowest BCUT2D eigenvalue weighted by atomic mass is 10.1. The summed E-state index contributed by atoms with van der Waals surface area (Å²) >= 11 is 0. The first-order valence-electron chi connectivity index (χ1n) is 13.5. The molecule has 40 heavy (non-hydrogen) atoms. The molecule has 0 spiro atoms. The molecule has 0 aromatic heterocycles. The number of aliphatic hydroxyl groups excluding tert-OH is 1. The maximum absolute atomic E-state index is 12.9. The lowest BCUT2D eigenvalue weighted by Crippen LogP contribution is -2.47.